The first-order valence-corrected chi connectivity index (χ1v) is 6.96. The lowest BCUT2D eigenvalue weighted by Gasteiger charge is -2.30. The summed E-state index contributed by atoms with van der Waals surface area (Å²) in [6.07, 6.45) is 0.990. The Morgan fingerprint density at radius 1 is 1.37 bits per heavy atom. The molecule has 0 atom stereocenters. The summed E-state index contributed by atoms with van der Waals surface area (Å²) in [4.78, 5) is 14.6. The molecule has 1 aliphatic heterocycles. The van der Waals surface area contributed by atoms with Crippen molar-refractivity contribution in [1.82, 2.24) is 0 Å². The van der Waals surface area contributed by atoms with E-state index >= 15 is 0 Å². The lowest BCUT2D eigenvalue weighted by Crippen LogP contribution is -2.30. The maximum absolute atomic E-state index is 11.0. The van der Waals surface area contributed by atoms with Gasteiger partial charge in [-0.25, -0.2) is 4.79 Å². The minimum absolute atomic E-state index is 0.278. The van der Waals surface area contributed by atoms with Crippen LogP contribution in [0.4, 0.5) is 11.4 Å². The molecule has 0 spiro atoms. The highest BCUT2D eigenvalue weighted by Gasteiger charge is 2.20. The van der Waals surface area contributed by atoms with Gasteiger partial charge in [-0.1, -0.05) is 0 Å². The number of aromatic carboxylic acids is 1. The fourth-order valence-electron chi connectivity index (χ4n) is 2.40. The average molecular weight is 274 g/mol. The summed E-state index contributed by atoms with van der Waals surface area (Å²) < 4.78 is 0. The van der Waals surface area contributed by atoms with E-state index in [4.69, 9.17) is 10.8 Å². The third kappa shape index (κ3) is 2.17. The Bertz CT molecular complexity index is 636. The molecule has 1 aromatic heterocycles. The number of benzene rings is 1. The molecule has 0 saturated carbocycles. The van der Waals surface area contributed by atoms with E-state index < -0.39 is 5.97 Å². The fraction of sp³-hybridized carbons (Fsp3) is 0.214. The zero-order chi connectivity index (χ0) is 13.4. The first kappa shape index (κ1) is 12.0. The Balaban J connectivity index is 1.95. The molecule has 0 saturated heterocycles. The van der Waals surface area contributed by atoms with Gasteiger partial charge in [0.2, 0.25) is 0 Å². The normalized spacial score (nSPS) is 14.2. The number of nitrogens with zero attached hydrogens (tertiary/aromatic N) is 1. The molecule has 0 amide bonds. The summed E-state index contributed by atoms with van der Waals surface area (Å²) in [5, 5.41) is 11.2. The SMILES string of the molecule is Nc1ccc(C(=O)O)cc1N1CCc2sccc2C1. The maximum atomic E-state index is 11.0. The Labute approximate surface area is 115 Å². The molecule has 1 aliphatic rings. The van der Waals surface area contributed by atoms with Crippen LogP contribution in [0, 0.1) is 0 Å². The molecule has 0 fully saturated rings. The summed E-state index contributed by atoms with van der Waals surface area (Å²) in [7, 11) is 0. The van der Waals surface area contributed by atoms with Crippen LogP contribution < -0.4 is 10.6 Å². The van der Waals surface area contributed by atoms with Gasteiger partial charge in [-0.05, 0) is 41.6 Å². The first-order chi connectivity index (χ1) is 9.15. The number of nitrogen functional groups attached to an aromatic ring is 1. The number of carbonyl (C=O) groups is 1. The zero-order valence-corrected chi connectivity index (χ0v) is 11.1. The molecule has 1 aromatic carbocycles. The van der Waals surface area contributed by atoms with E-state index in [2.05, 4.69) is 16.3 Å². The Kier molecular flexibility index (Phi) is 2.91. The molecule has 0 unspecified atom stereocenters. The second-order valence-corrected chi connectivity index (χ2v) is 5.62. The van der Waals surface area contributed by atoms with E-state index in [1.807, 2.05) is 0 Å². The molecule has 0 radical (unpaired) electrons. The van der Waals surface area contributed by atoms with Crippen molar-refractivity contribution in [3.05, 3.63) is 45.6 Å². The molecular formula is C14H14N2O2S. The van der Waals surface area contributed by atoms with E-state index in [0.717, 1.165) is 25.2 Å². The minimum atomic E-state index is -0.922. The second kappa shape index (κ2) is 4.59. The summed E-state index contributed by atoms with van der Waals surface area (Å²) in [5.41, 5.74) is 9.02. The summed E-state index contributed by atoms with van der Waals surface area (Å²) in [6, 6.07) is 7.00. The number of anilines is 2. The van der Waals surface area contributed by atoms with Gasteiger partial charge in [0.15, 0.2) is 0 Å². The second-order valence-electron chi connectivity index (χ2n) is 4.62. The van der Waals surface area contributed by atoms with E-state index in [0.29, 0.717) is 5.69 Å². The highest BCUT2D eigenvalue weighted by atomic mass is 32.1. The van der Waals surface area contributed by atoms with Crippen LogP contribution in [0.5, 0.6) is 0 Å². The summed E-state index contributed by atoms with van der Waals surface area (Å²) >= 11 is 1.78. The van der Waals surface area contributed by atoms with Crippen LogP contribution in [-0.4, -0.2) is 17.6 Å². The Hall–Kier alpha value is -2.01. The Morgan fingerprint density at radius 3 is 3.00 bits per heavy atom. The van der Waals surface area contributed by atoms with Crippen molar-refractivity contribution < 1.29 is 9.90 Å². The largest absolute Gasteiger partial charge is 0.478 e. The molecule has 3 N–H and O–H groups in total. The van der Waals surface area contributed by atoms with E-state index in [-0.39, 0.29) is 5.56 Å². The quantitative estimate of drug-likeness (QED) is 0.826. The van der Waals surface area contributed by atoms with Crippen molar-refractivity contribution >= 4 is 28.7 Å². The highest BCUT2D eigenvalue weighted by molar-refractivity contribution is 7.10. The minimum Gasteiger partial charge on any atom is -0.478 e. The first-order valence-electron chi connectivity index (χ1n) is 6.08. The van der Waals surface area contributed by atoms with Crippen molar-refractivity contribution in [2.45, 2.75) is 13.0 Å². The van der Waals surface area contributed by atoms with Crippen molar-refractivity contribution in [1.29, 1.82) is 0 Å². The lowest BCUT2D eigenvalue weighted by molar-refractivity contribution is 0.0697. The fourth-order valence-corrected chi connectivity index (χ4v) is 3.29. The van der Waals surface area contributed by atoms with E-state index in [1.165, 1.54) is 10.4 Å². The molecule has 0 bridgehead atoms. The number of fused-ring (bicyclic) bond motifs is 1. The number of carboxylic acid groups (broad SMARTS) is 1. The van der Waals surface area contributed by atoms with Gasteiger partial charge < -0.3 is 15.7 Å². The van der Waals surface area contributed by atoms with Crippen molar-refractivity contribution in [3.8, 4) is 0 Å². The van der Waals surface area contributed by atoms with Gasteiger partial charge in [0.05, 0.1) is 16.9 Å². The molecule has 4 nitrogen and oxygen atoms in total. The van der Waals surface area contributed by atoms with Gasteiger partial charge in [-0.3, -0.25) is 0 Å². The van der Waals surface area contributed by atoms with E-state index in [1.54, 1.807) is 29.5 Å². The standard InChI is InChI=1S/C14H14N2O2S/c15-11-2-1-9(14(17)18)7-12(11)16-5-3-13-10(8-16)4-6-19-13/h1-2,4,6-7H,3,5,8,15H2,(H,17,18). The van der Waals surface area contributed by atoms with Crippen LogP contribution in [-0.2, 0) is 13.0 Å². The van der Waals surface area contributed by atoms with Crippen LogP contribution in [0.3, 0.4) is 0 Å². The zero-order valence-electron chi connectivity index (χ0n) is 10.3. The molecule has 3 rings (SSSR count). The molecule has 2 heterocycles. The van der Waals surface area contributed by atoms with Crippen LogP contribution in [0.15, 0.2) is 29.6 Å². The number of thiophene rings is 1. The molecule has 5 heteroatoms. The van der Waals surface area contributed by atoms with Crippen LogP contribution >= 0.6 is 11.3 Å². The predicted molar refractivity (Wildman–Crippen MR) is 76.9 cm³/mol. The number of rotatable bonds is 2. The molecule has 2 aromatic rings. The Morgan fingerprint density at radius 2 is 2.21 bits per heavy atom. The molecule has 0 aliphatic carbocycles. The summed E-state index contributed by atoms with van der Waals surface area (Å²) in [5.74, 6) is -0.922. The monoisotopic (exact) mass is 274 g/mol. The van der Waals surface area contributed by atoms with Crippen molar-refractivity contribution in [3.63, 3.8) is 0 Å². The third-order valence-electron chi connectivity index (χ3n) is 3.43. The van der Waals surface area contributed by atoms with Crippen LogP contribution in [0.1, 0.15) is 20.8 Å². The van der Waals surface area contributed by atoms with Gasteiger partial charge in [-0.2, -0.15) is 0 Å². The van der Waals surface area contributed by atoms with Gasteiger partial charge in [0, 0.05) is 18.0 Å². The number of carboxylic acids is 1. The van der Waals surface area contributed by atoms with Crippen LogP contribution in [0.2, 0.25) is 0 Å². The average Bonchev–Trinajstić information content (AvgIpc) is 2.86. The topological polar surface area (TPSA) is 66.6 Å². The third-order valence-corrected chi connectivity index (χ3v) is 4.45. The van der Waals surface area contributed by atoms with Crippen LogP contribution in [0.25, 0.3) is 0 Å². The van der Waals surface area contributed by atoms with Gasteiger partial charge in [0.1, 0.15) is 0 Å². The van der Waals surface area contributed by atoms with Gasteiger partial charge in [0.25, 0.3) is 0 Å². The van der Waals surface area contributed by atoms with Gasteiger partial charge in [-0.15, -0.1) is 11.3 Å². The smallest absolute Gasteiger partial charge is 0.335 e. The number of hydrogen-bond donors (Lipinski definition) is 2. The lowest BCUT2D eigenvalue weighted by atomic mass is 10.1. The van der Waals surface area contributed by atoms with Crippen molar-refractivity contribution in [2.75, 3.05) is 17.2 Å². The van der Waals surface area contributed by atoms with Gasteiger partial charge >= 0.3 is 5.97 Å². The van der Waals surface area contributed by atoms with E-state index in [9.17, 15) is 4.79 Å². The predicted octanol–water partition coefficient (Wildman–Crippen LogP) is 2.59. The number of hydrogen-bond acceptors (Lipinski definition) is 4. The number of nitrogens with two attached hydrogens (primary N) is 1. The summed E-state index contributed by atoms with van der Waals surface area (Å²) in [6.45, 7) is 1.67. The molecule has 19 heavy (non-hydrogen) atoms. The maximum Gasteiger partial charge on any atom is 0.335 e. The molecule has 98 valence electrons. The molecular weight excluding hydrogens is 260 g/mol. The highest BCUT2D eigenvalue weighted by Crippen LogP contribution is 2.31. The van der Waals surface area contributed by atoms with Crippen molar-refractivity contribution in [2.24, 2.45) is 0 Å².